The van der Waals surface area contributed by atoms with Gasteiger partial charge in [-0.05, 0) is 18.5 Å². The number of aromatic hydroxyl groups is 1. The highest BCUT2D eigenvalue weighted by Gasteiger charge is 2.08. The average molecular weight is 179 g/mol. The fourth-order valence-electron chi connectivity index (χ4n) is 0.894. The van der Waals surface area contributed by atoms with E-state index in [9.17, 15) is 4.79 Å². The smallest absolute Gasteiger partial charge is 0.339 e. The molecule has 0 saturated heterocycles. The van der Waals surface area contributed by atoms with Gasteiger partial charge in [0, 0.05) is 6.20 Å². The molecule has 0 saturated carbocycles. The molecule has 0 bridgehead atoms. The van der Waals surface area contributed by atoms with E-state index in [1.807, 2.05) is 0 Å². The Bertz CT molecular complexity index is 327. The van der Waals surface area contributed by atoms with Gasteiger partial charge < -0.3 is 9.84 Å². The molecule has 0 aliphatic heterocycles. The van der Waals surface area contributed by atoms with E-state index in [0.717, 1.165) is 0 Å². The zero-order chi connectivity index (χ0) is 9.84. The third kappa shape index (κ3) is 2.21. The van der Waals surface area contributed by atoms with Crippen LogP contribution in [0.2, 0.25) is 0 Å². The van der Waals surface area contributed by atoms with Crippen molar-refractivity contribution < 1.29 is 14.6 Å². The molecule has 0 spiro atoms. The van der Waals surface area contributed by atoms with Gasteiger partial charge in [-0.3, -0.25) is 0 Å². The Balaban J connectivity index is 2.90. The highest BCUT2D eigenvalue weighted by atomic mass is 16.5. The van der Waals surface area contributed by atoms with Crippen LogP contribution in [0, 0.1) is 0 Å². The predicted octanol–water partition coefficient (Wildman–Crippen LogP) is -0.778. The van der Waals surface area contributed by atoms with E-state index in [1.165, 1.54) is 6.20 Å². The molecule has 0 amide bonds. The third-order valence-electron chi connectivity index (χ3n) is 1.56. The van der Waals surface area contributed by atoms with Gasteiger partial charge in [0.15, 0.2) is 0 Å². The number of ether oxygens (including phenoxy) is 1. The maximum absolute atomic E-state index is 11.2. The zero-order valence-electron chi connectivity index (χ0n) is 7.57. The van der Waals surface area contributed by atoms with Crippen LogP contribution in [0.4, 0.5) is 0 Å². The number of hydrogen-bond acceptors (Lipinski definition) is 4. The first-order chi connectivity index (χ1) is 6.15. The fourth-order valence-corrected chi connectivity index (χ4v) is 0.894. The molecule has 1 N–H and O–H groups in total. The van der Waals surface area contributed by atoms with Crippen molar-refractivity contribution >= 4 is 19.3 Å². The molecule has 13 heavy (non-hydrogen) atoms. The number of esters is 1. The molecule has 0 unspecified atom stereocenters. The summed E-state index contributed by atoms with van der Waals surface area (Å²) in [6.07, 6.45) is 1.29. The van der Waals surface area contributed by atoms with Crippen LogP contribution in [0.3, 0.4) is 0 Å². The normalized spacial score (nSPS) is 9.62. The van der Waals surface area contributed by atoms with E-state index in [-0.39, 0.29) is 5.88 Å². The highest BCUT2D eigenvalue weighted by molar-refractivity contribution is 6.34. The van der Waals surface area contributed by atoms with Crippen molar-refractivity contribution in [2.24, 2.45) is 0 Å². The predicted molar refractivity (Wildman–Crippen MR) is 50.0 cm³/mol. The Labute approximate surface area is 77.0 Å². The molecule has 0 fully saturated rings. The number of pyridine rings is 1. The molecule has 0 aliphatic carbocycles. The Morgan fingerprint density at radius 1 is 1.77 bits per heavy atom. The average Bonchev–Trinajstić information content (AvgIpc) is 2.10. The maximum atomic E-state index is 11.2. The van der Waals surface area contributed by atoms with Crippen LogP contribution < -0.4 is 5.46 Å². The Morgan fingerprint density at radius 2 is 2.46 bits per heavy atom. The van der Waals surface area contributed by atoms with E-state index in [0.29, 0.717) is 17.6 Å². The number of rotatable bonds is 2. The summed E-state index contributed by atoms with van der Waals surface area (Å²) in [6.45, 7) is 2.07. The summed E-state index contributed by atoms with van der Waals surface area (Å²) in [6, 6.07) is 1.54. The Morgan fingerprint density at radius 3 is 3.00 bits per heavy atom. The molecule has 0 aliphatic rings. The second kappa shape index (κ2) is 3.93. The second-order valence-electron chi connectivity index (χ2n) is 2.58. The van der Waals surface area contributed by atoms with Crippen LogP contribution in [-0.4, -0.2) is 30.5 Å². The lowest BCUT2D eigenvalue weighted by Crippen LogP contribution is -2.11. The number of hydrogen-bond donors (Lipinski definition) is 1. The second-order valence-corrected chi connectivity index (χ2v) is 2.58. The van der Waals surface area contributed by atoms with Crippen LogP contribution >= 0.6 is 0 Å². The van der Waals surface area contributed by atoms with Crippen molar-refractivity contribution in [3.05, 3.63) is 17.8 Å². The van der Waals surface area contributed by atoms with Crippen molar-refractivity contribution in [2.75, 3.05) is 6.61 Å². The summed E-state index contributed by atoms with van der Waals surface area (Å²) in [5.41, 5.74) is 0.919. The van der Waals surface area contributed by atoms with Crippen molar-refractivity contribution in [2.45, 2.75) is 6.92 Å². The van der Waals surface area contributed by atoms with Gasteiger partial charge >= 0.3 is 5.97 Å². The summed E-state index contributed by atoms with van der Waals surface area (Å²) < 4.78 is 4.76. The van der Waals surface area contributed by atoms with Gasteiger partial charge in [-0.25, -0.2) is 9.78 Å². The molecule has 0 radical (unpaired) electrons. The molecule has 1 heterocycles. The minimum absolute atomic E-state index is 0.0620. The zero-order valence-corrected chi connectivity index (χ0v) is 7.57. The molecule has 4 nitrogen and oxygen atoms in total. The van der Waals surface area contributed by atoms with Gasteiger partial charge in [0.05, 0.1) is 12.2 Å². The summed E-state index contributed by atoms with van der Waals surface area (Å²) in [5.74, 6) is -0.480. The van der Waals surface area contributed by atoms with E-state index in [1.54, 1.807) is 20.8 Å². The van der Waals surface area contributed by atoms with E-state index in [2.05, 4.69) is 4.98 Å². The molecule has 1 rings (SSSR count). The van der Waals surface area contributed by atoms with Crippen LogP contribution in [-0.2, 0) is 4.74 Å². The largest absolute Gasteiger partial charge is 0.494 e. The number of nitrogens with zero attached hydrogens (tertiary/aromatic N) is 1. The summed E-state index contributed by atoms with van der Waals surface area (Å²) >= 11 is 0. The lowest BCUT2D eigenvalue weighted by atomic mass is 9.96. The monoisotopic (exact) mass is 179 g/mol. The Kier molecular flexibility index (Phi) is 2.90. The lowest BCUT2D eigenvalue weighted by molar-refractivity contribution is 0.0526. The maximum Gasteiger partial charge on any atom is 0.339 e. The molecular weight excluding hydrogens is 169 g/mol. The highest BCUT2D eigenvalue weighted by Crippen LogP contribution is 2.02. The Hall–Kier alpha value is -1.52. The van der Waals surface area contributed by atoms with Gasteiger partial charge in [-0.15, -0.1) is 0 Å². The summed E-state index contributed by atoms with van der Waals surface area (Å²) in [5, 5.41) is 9.09. The third-order valence-corrected chi connectivity index (χ3v) is 1.56. The summed E-state index contributed by atoms with van der Waals surface area (Å²) in [4.78, 5) is 14.8. The number of carbonyl (C=O) groups excluding carboxylic acids is 1. The van der Waals surface area contributed by atoms with Gasteiger partial charge in [0.1, 0.15) is 7.85 Å². The van der Waals surface area contributed by atoms with Crippen LogP contribution in [0.15, 0.2) is 12.3 Å². The topological polar surface area (TPSA) is 59.4 Å². The first-order valence-electron chi connectivity index (χ1n) is 3.98. The van der Waals surface area contributed by atoms with Gasteiger partial charge in [-0.1, -0.05) is 0 Å². The fraction of sp³-hybridized carbons (Fsp3) is 0.250. The standard InChI is InChI=1S/C8H10BNO3/c1-2-13-8(12)5-3-6(9)7(11)10-4-5/h3-4H,2,9H2,1H3,(H,10,11). The van der Waals surface area contributed by atoms with Gasteiger partial charge in [0.2, 0.25) is 5.88 Å². The minimum atomic E-state index is -0.418. The molecular formula is C8H10BNO3. The molecule has 1 aromatic rings. The first-order valence-corrected chi connectivity index (χ1v) is 3.98. The van der Waals surface area contributed by atoms with E-state index < -0.39 is 5.97 Å². The minimum Gasteiger partial charge on any atom is -0.494 e. The molecule has 0 atom stereocenters. The SMILES string of the molecule is Bc1cc(C(=O)OCC)cnc1O. The summed E-state index contributed by atoms with van der Waals surface area (Å²) in [7, 11) is 1.67. The molecule has 5 heteroatoms. The van der Waals surface area contributed by atoms with E-state index >= 15 is 0 Å². The molecule has 0 aromatic carbocycles. The molecule has 68 valence electrons. The van der Waals surface area contributed by atoms with Gasteiger partial charge in [-0.2, -0.15) is 0 Å². The van der Waals surface area contributed by atoms with Crippen LogP contribution in [0.25, 0.3) is 0 Å². The van der Waals surface area contributed by atoms with Crippen molar-refractivity contribution in [1.82, 2.24) is 4.98 Å². The first kappa shape index (κ1) is 9.57. The number of carbonyl (C=O) groups is 1. The number of aromatic nitrogens is 1. The quantitative estimate of drug-likeness (QED) is 0.478. The molecule has 1 aromatic heterocycles. The van der Waals surface area contributed by atoms with Crippen molar-refractivity contribution in [3.63, 3.8) is 0 Å². The van der Waals surface area contributed by atoms with E-state index in [4.69, 9.17) is 9.84 Å². The van der Waals surface area contributed by atoms with Gasteiger partial charge in [0.25, 0.3) is 0 Å². The lowest BCUT2D eigenvalue weighted by Gasteiger charge is -2.02. The van der Waals surface area contributed by atoms with Crippen molar-refractivity contribution in [1.29, 1.82) is 0 Å². The van der Waals surface area contributed by atoms with Crippen LogP contribution in [0.5, 0.6) is 5.88 Å². The van der Waals surface area contributed by atoms with Crippen molar-refractivity contribution in [3.8, 4) is 5.88 Å². The van der Waals surface area contributed by atoms with Crippen LogP contribution in [0.1, 0.15) is 17.3 Å².